The first kappa shape index (κ1) is 25.0. The Morgan fingerprint density at radius 1 is 0.486 bits per heavy atom. The minimum atomic E-state index is 0.522. The first-order chi connectivity index (χ1) is 17.7. The van der Waals surface area contributed by atoms with Gasteiger partial charge < -0.3 is 0 Å². The zero-order valence-corrected chi connectivity index (χ0v) is 27.8. The van der Waals surface area contributed by atoms with E-state index in [2.05, 4.69) is 47.8 Å². The summed E-state index contributed by atoms with van der Waals surface area (Å²) < 4.78 is 0.522. The molecule has 12 bridgehead atoms. The molecule has 0 nitrogen and oxygen atoms in total. The largest absolute Gasteiger partial charge is 0.0928 e. The molecule has 12 saturated carbocycles. The number of rotatable bonds is 6. The Labute approximate surface area is 251 Å². The number of halogens is 3. The standard InChI is InChI=1S/C34H49Br3/c35-2-1-29-6-22-3-23(7-29)11-31(10-22,19-29)33-14-26-5-27(15-33)17-34(16-26,21-33)32-12-24-4-25(13-32)9-30(8-24,20-32)18-28(36)37/h22-28H,1-21H2. The maximum Gasteiger partial charge on any atom is 0.0703 e. The minimum absolute atomic E-state index is 0.522. The van der Waals surface area contributed by atoms with Gasteiger partial charge in [0.2, 0.25) is 0 Å². The fourth-order valence-electron chi connectivity index (χ4n) is 16.7. The third-order valence-electron chi connectivity index (χ3n) is 15.9. The summed E-state index contributed by atoms with van der Waals surface area (Å²) in [5, 5.41) is 1.25. The lowest BCUT2D eigenvalue weighted by Crippen LogP contribution is -2.69. The highest BCUT2D eigenvalue weighted by molar-refractivity contribution is 9.24. The lowest BCUT2D eigenvalue weighted by atomic mass is 9.27. The van der Waals surface area contributed by atoms with Gasteiger partial charge in [-0.05, 0) is 196 Å². The molecule has 6 unspecified atom stereocenters. The van der Waals surface area contributed by atoms with E-state index in [-0.39, 0.29) is 0 Å². The van der Waals surface area contributed by atoms with Crippen LogP contribution in [0.25, 0.3) is 0 Å². The van der Waals surface area contributed by atoms with E-state index in [0.717, 1.165) is 57.2 Å². The molecule has 3 heteroatoms. The molecule has 0 N–H and O–H groups in total. The van der Waals surface area contributed by atoms with Crippen molar-refractivity contribution in [3.63, 3.8) is 0 Å². The predicted octanol–water partition coefficient (Wildman–Crippen LogP) is 11.0. The highest BCUT2D eigenvalue weighted by atomic mass is 79.9. The lowest BCUT2D eigenvalue weighted by molar-refractivity contribution is -0.282. The van der Waals surface area contributed by atoms with Crippen LogP contribution in [0, 0.1) is 68.0 Å². The van der Waals surface area contributed by atoms with E-state index in [1.807, 2.05) is 0 Å². The molecule has 0 saturated heterocycles. The average Bonchev–Trinajstić information content (AvgIpc) is 2.75. The smallest absolute Gasteiger partial charge is 0.0703 e. The highest BCUT2D eigenvalue weighted by Gasteiger charge is 2.74. The maximum absolute atomic E-state index is 3.98. The molecule has 12 aliphatic carbocycles. The summed E-state index contributed by atoms with van der Waals surface area (Å²) in [6.07, 6.45) is 32.2. The molecule has 0 amide bonds. The van der Waals surface area contributed by atoms with Crippen LogP contribution < -0.4 is 0 Å². The number of hydrogen-bond donors (Lipinski definition) is 0. The number of alkyl halides is 3. The summed E-state index contributed by atoms with van der Waals surface area (Å²) in [7, 11) is 0. The molecule has 6 atom stereocenters. The molecular formula is C34H49Br3. The van der Waals surface area contributed by atoms with Crippen molar-refractivity contribution in [1.82, 2.24) is 0 Å². The molecule has 12 aliphatic rings. The molecule has 0 spiro atoms. The maximum atomic E-state index is 3.98. The van der Waals surface area contributed by atoms with Crippen LogP contribution in [0.5, 0.6) is 0 Å². The van der Waals surface area contributed by atoms with Gasteiger partial charge in [0.1, 0.15) is 0 Å². The predicted molar refractivity (Wildman–Crippen MR) is 163 cm³/mol. The molecule has 0 aliphatic heterocycles. The van der Waals surface area contributed by atoms with E-state index in [0.29, 0.717) is 14.6 Å². The molecule has 0 aromatic heterocycles. The Hall–Kier alpha value is 1.44. The topological polar surface area (TPSA) is 0 Å². The van der Waals surface area contributed by atoms with Crippen molar-refractivity contribution in [1.29, 1.82) is 0 Å². The van der Waals surface area contributed by atoms with Gasteiger partial charge in [-0.3, -0.25) is 0 Å². The molecule has 0 radical (unpaired) electrons. The monoisotopic (exact) mass is 694 g/mol. The second-order valence-electron chi connectivity index (χ2n) is 18.0. The zero-order chi connectivity index (χ0) is 24.9. The highest BCUT2D eigenvalue weighted by Crippen LogP contribution is 2.84. The summed E-state index contributed by atoms with van der Waals surface area (Å²) >= 11 is 11.9. The summed E-state index contributed by atoms with van der Waals surface area (Å²) in [5.74, 6) is 6.47. The molecule has 0 aromatic carbocycles. The van der Waals surface area contributed by atoms with E-state index in [9.17, 15) is 0 Å². The van der Waals surface area contributed by atoms with Gasteiger partial charge >= 0.3 is 0 Å². The third-order valence-corrected chi connectivity index (χ3v) is 16.9. The van der Waals surface area contributed by atoms with E-state index < -0.39 is 0 Å². The van der Waals surface area contributed by atoms with Crippen molar-refractivity contribution in [2.24, 2.45) is 68.0 Å². The van der Waals surface area contributed by atoms with E-state index >= 15 is 0 Å². The van der Waals surface area contributed by atoms with Crippen molar-refractivity contribution < 1.29 is 0 Å². The van der Waals surface area contributed by atoms with Gasteiger partial charge in [-0.2, -0.15) is 0 Å². The van der Waals surface area contributed by atoms with Gasteiger partial charge in [0.25, 0.3) is 0 Å². The van der Waals surface area contributed by atoms with Crippen LogP contribution in [0.2, 0.25) is 0 Å². The van der Waals surface area contributed by atoms with Crippen LogP contribution in [0.1, 0.15) is 128 Å². The SMILES string of the molecule is BrCCC12CC3CC(C1)CC(C14CC5CC(C1)CC(C16CC7CC(CC(CC(Br)Br)(C7)C1)C6)(C5)C4)(C3)C2. The average molecular weight is 697 g/mol. The summed E-state index contributed by atoms with van der Waals surface area (Å²) in [4.78, 5) is 0. The van der Waals surface area contributed by atoms with Crippen LogP contribution in [0.3, 0.4) is 0 Å². The van der Waals surface area contributed by atoms with Crippen LogP contribution >= 0.6 is 47.8 Å². The van der Waals surface area contributed by atoms with E-state index in [1.54, 1.807) is 116 Å². The van der Waals surface area contributed by atoms with Gasteiger partial charge in [0.15, 0.2) is 0 Å². The Morgan fingerprint density at radius 2 is 0.838 bits per heavy atom. The second kappa shape index (κ2) is 7.88. The van der Waals surface area contributed by atoms with Crippen LogP contribution in [0.4, 0.5) is 0 Å². The van der Waals surface area contributed by atoms with Crippen LogP contribution in [-0.2, 0) is 0 Å². The fraction of sp³-hybridized carbons (Fsp3) is 1.00. The minimum Gasteiger partial charge on any atom is -0.0928 e. The lowest BCUT2D eigenvalue weighted by Gasteiger charge is -2.78. The van der Waals surface area contributed by atoms with Crippen molar-refractivity contribution >= 4 is 47.8 Å². The van der Waals surface area contributed by atoms with Crippen molar-refractivity contribution in [2.75, 3.05) is 5.33 Å². The van der Waals surface area contributed by atoms with Crippen molar-refractivity contribution in [3.05, 3.63) is 0 Å². The molecule has 12 fully saturated rings. The molecular weight excluding hydrogens is 648 g/mol. The van der Waals surface area contributed by atoms with Gasteiger partial charge in [0, 0.05) is 5.33 Å². The molecule has 206 valence electrons. The van der Waals surface area contributed by atoms with Crippen molar-refractivity contribution in [2.45, 2.75) is 132 Å². The molecule has 37 heavy (non-hydrogen) atoms. The Bertz CT molecular complexity index is 934. The first-order valence-corrected chi connectivity index (χ1v) is 19.5. The van der Waals surface area contributed by atoms with Crippen LogP contribution in [0.15, 0.2) is 0 Å². The quantitative estimate of drug-likeness (QED) is 0.243. The second-order valence-corrected chi connectivity index (χ2v) is 22.3. The van der Waals surface area contributed by atoms with E-state index in [4.69, 9.17) is 0 Å². The third kappa shape index (κ3) is 3.35. The van der Waals surface area contributed by atoms with Crippen molar-refractivity contribution in [3.8, 4) is 0 Å². The Morgan fingerprint density at radius 3 is 1.24 bits per heavy atom. The van der Waals surface area contributed by atoms with Gasteiger partial charge in [0.05, 0.1) is 3.74 Å². The molecule has 0 heterocycles. The summed E-state index contributed by atoms with van der Waals surface area (Å²) in [5.41, 5.74) is 4.27. The van der Waals surface area contributed by atoms with Gasteiger partial charge in [-0.25, -0.2) is 0 Å². The zero-order valence-electron chi connectivity index (χ0n) is 23.0. The first-order valence-electron chi connectivity index (χ1n) is 16.5. The Kier molecular flexibility index (Phi) is 5.32. The Balaban J connectivity index is 1.12. The number of hydrogen-bond acceptors (Lipinski definition) is 0. The summed E-state index contributed by atoms with van der Waals surface area (Å²) in [6.45, 7) is 0. The normalized spacial score (nSPS) is 62.3. The van der Waals surface area contributed by atoms with Gasteiger partial charge in [-0.15, -0.1) is 0 Å². The van der Waals surface area contributed by atoms with Crippen LogP contribution in [-0.4, -0.2) is 9.07 Å². The fourth-order valence-corrected chi connectivity index (χ4v) is 18.9. The van der Waals surface area contributed by atoms with E-state index in [1.165, 1.54) is 18.2 Å². The molecule has 12 rings (SSSR count). The molecule has 0 aromatic rings. The summed E-state index contributed by atoms with van der Waals surface area (Å²) in [6, 6.07) is 0. The van der Waals surface area contributed by atoms with Gasteiger partial charge in [-0.1, -0.05) is 47.8 Å².